The molecule has 0 unspecified atom stereocenters. The van der Waals surface area contributed by atoms with E-state index < -0.39 is 0 Å². The SMILES string of the molecule is O=CNc1ccc(C=C(O)C=O)cc1. The number of rotatable bonds is 4. The summed E-state index contributed by atoms with van der Waals surface area (Å²) < 4.78 is 0. The van der Waals surface area contributed by atoms with E-state index in [1.165, 1.54) is 6.08 Å². The number of benzene rings is 1. The summed E-state index contributed by atoms with van der Waals surface area (Å²) in [6.45, 7) is 0. The van der Waals surface area contributed by atoms with Crippen LogP contribution in [0.1, 0.15) is 5.56 Å². The highest BCUT2D eigenvalue weighted by Crippen LogP contribution is 2.10. The molecule has 1 amide bonds. The van der Waals surface area contributed by atoms with Gasteiger partial charge in [-0.15, -0.1) is 0 Å². The summed E-state index contributed by atoms with van der Waals surface area (Å²) in [4.78, 5) is 20.2. The Labute approximate surface area is 80.9 Å². The van der Waals surface area contributed by atoms with Crippen molar-refractivity contribution in [2.24, 2.45) is 0 Å². The van der Waals surface area contributed by atoms with Gasteiger partial charge >= 0.3 is 0 Å². The van der Waals surface area contributed by atoms with Gasteiger partial charge in [0.1, 0.15) is 0 Å². The topological polar surface area (TPSA) is 66.4 Å². The van der Waals surface area contributed by atoms with Gasteiger partial charge in [0.05, 0.1) is 0 Å². The van der Waals surface area contributed by atoms with Gasteiger partial charge in [-0.25, -0.2) is 0 Å². The minimum atomic E-state index is -0.332. The third-order valence-electron chi connectivity index (χ3n) is 1.57. The summed E-state index contributed by atoms with van der Waals surface area (Å²) in [6, 6.07) is 6.67. The normalized spacial score (nSPS) is 10.7. The second-order valence-electron chi connectivity index (χ2n) is 2.57. The quantitative estimate of drug-likeness (QED) is 0.429. The van der Waals surface area contributed by atoms with Gasteiger partial charge in [0.15, 0.2) is 12.0 Å². The molecule has 14 heavy (non-hydrogen) atoms. The third-order valence-corrected chi connectivity index (χ3v) is 1.57. The van der Waals surface area contributed by atoms with E-state index in [-0.39, 0.29) is 5.76 Å². The van der Waals surface area contributed by atoms with Gasteiger partial charge in [-0.1, -0.05) is 12.1 Å². The average molecular weight is 191 g/mol. The molecule has 0 atom stereocenters. The van der Waals surface area contributed by atoms with Crippen molar-refractivity contribution in [2.45, 2.75) is 0 Å². The second kappa shape index (κ2) is 4.81. The van der Waals surface area contributed by atoms with Crippen LogP contribution in [0, 0.1) is 0 Å². The molecule has 0 aliphatic heterocycles. The molecule has 0 heterocycles. The molecule has 0 radical (unpaired) electrons. The fourth-order valence-corrected chi connectivity index (χ4v) is 0.948. The molecule has 0 saturated heterocycles. The zero-order chi connectivity index (χ0) is 10.4. The fourth-order valence-electron chi connectivity index (χ4n) is 0.948. The Morgan fingerprint density at radius 3 is 2.36 bits per heavy atom. The number of nitrogens with one attached hydrogen (secondary N) is 1. The number of aliphatic hydroxyl groups is 1. The molecular weight excluding hydrogens is 182 g/mol. The number of amides is 1. The van der Waals surface area contributed by atoms with Crippen molar-refractivity contribution in [1.29, 1.82) is 0 Å². The van der Waals surface area contributed by atoms with Crippen LogP contribution in [0.2, 0.25) is 0 Å². The molecule has 4 heteroatoms. The van der Waals surface area contributed by atoms with E-state index in [4.69, 9.17) is 5.11 Å². The minimum absolute atomic E-state index is 0.332. The molecule has 0 fully saturated rings. The first kappa shape index (κ1) is 9.98. The standard InChI is InChI=1S/C10H9NO3/c12-6-10(14)5-8-1-3-9(4-2-8)11-7-13/h1-7,14H,(H,11,13). The first-order valence-electron chi connectivity index (χ1n) is 3.92. The van der Waals surface area contributed by atoms with Gasteiger partial charge in [-0.05, 0) is 23.8 Å². The molecule has 1 aromatic carbocycles. The Kier molecular flexibility index (Phi) is 3.43. The van der Waals surface area contributed by atoms with Crippen LogP contribution in [0.15, 0.2) is 30.0 Å². The number of carbonyl (C=O) groups excluding carboxylic acids is 2. The molecule has 0 bridgehead atoms. The number of carbonyl (C=O) groups is 2. The average Bonchev–Trinajstić information content (AvgIpc) is 2.21. The molecule has 0 spiro atoms. The van der Waals surface area contributed by atoms with Crippen molar-refractivity contribution in [1.82, 2.24) is 0 Å². The molecule has 0 saturated carbocycles. The lowest BCUT2D eigenvalue weighted by Crippen LogP contribution is -1.92. The highest BCUT2D eigenvalue weighted by Gasteiger charge is 1.93. The van der Waals surface area contributed by atoms with Crippen LogP contribution in [0.4, 0.5) is 5.69 Å². The van der Waals surface area contributed by atoms with Gasteiger partial charge in [0.25, 0.3) is 0 Å². The Morgan fingerprint density at radius 1 is 1.21 bits per heavy atom. The monoisotopic (exact) mass is 191 g/mol. The Hall–Kier alpha value is -2.10. The molecule has 0 aliphatic rings. The van der Waals surface area contributed by atoms with E-state index in [1.807, 2.05) is 0 Å². The molecule has 2 N–H and O–H groups in total. The number of allylic oxidation sites excluding steroid dienone is 1. The number of anilines is 1. The highest BCUT2D eigenvalue weighted by atomic mass is 16.3. The predicted octanol–water partition coefficient (Wildman–Crippen LogP) is 1.35. The fraction of sp³-hybridized carbons (Fsp3) is 0. The van der Waals surface area contributed by atoms with E-state index in [2.05, 4.69) is 5.32 Å². The van der Waals surface area contributed by atoms with Gasteiger partial charge in [-0.2, -0.15) is 0 Å². The molecular formula is C10H9NO3. The Morgan fingerprint density at radius 2 is 1.86 bits per heavy atom. The second-order valence-corrected chi connectivity index (χ2v) is 2.57. The van der Waals surface area contributed by atoms with E-state index in [0.29, 0.717) is 23.9 Å². The summed E-state index contributed by atoms with van der Waals surface area (Å²) >= 11 is 0. The van der Waals surface area contributed by atoms with Crippen molar-refractivity contribution >= 4 is 24.5 Å². The molecule has 0 aliphatic carbocycles. The maximum atomic E-state index is 10.1. The molecule has 72 valence electrons. The van der Waals surface area contributed by atoms with E-state index >= 15 is 0 Å². The van der Waals surface area contributed by atoms with E-state index in [0.717, 1.165) is 0 Å². The molecule has 0 aromatic heterocycles. The van der Waals surface area contributed by atoms with Crippen molar-refractivity contribution in [3.8, 4) is 0 Å². The number of aliphatic hydroxyl groups excluding tert-OH is 1. The minimum Gasteiger partial charge on any atom is -0.505 e. The summed E-state index contributed by atoms with van der Waals surface area (Å²) in [5.74, 6) is -0.332. The first-order valence-corrected chi connectivity index (χ1v) is 3.92. The number of aldehydes is 1. The summed E-state index contributed by atoms with van der Waals surface area (Å²) in [6.07, 6.45) is 2.27. The summed E-state index contributed by atoms with van der Waals surface area (Å²) in [7, 11) is 0. The lowest BCUT2D eigenvalue weighted by molar-refractivity contribution is -0.107. The molecule has 1 aromatic rings. The lowest BCUT2D eigenvalue weighted by atomic mass is 10.2. The van der Waals surface area contributed by atoms with E-state index in [9.17, 15) is 9.59 Å². The van der Waals surface area contributed by atoms with Crippen LogP contribution in [-0.4, -0.2) is 17.8 Å². The van der Waals surface area contributed by atoms with Gasteiger partial charge in [-0.3, -0.25) is 9.59 Å². The van der Waals surface area contributed by atoms with Gasteiger partial charge in [0.2, 0.25) is 6.41 Å². The zero-order valence-electron chi connectivity index (χ0n) is 7.31. The summed E-state index contributed by atoms with van der Waals surface area (Å²) in [5.41, 5.74) is 1.34. The zero-order valence-corrected chi connectivity index (χ0v) is 7.31. The van der Waals surface area contributed by atoms with E-state index in [1.54, 1.807) is 24.3 Å². The van der Waals surface area contributed by atoms with Gasteiger partial charge in [0, 0.05) is 5.69 Å². The van der Waals surface area contributed by atoms with Crippen molar-refractivity contribution in [3.05, 3.63) is 35.6 Å². The van der Waals surface area contributed by atoms with Crippen LogP contribution in [0.5, 0.6) is 0 Å². The maximum Gasteiger partial charge on any atom is 0.211 e. The largest absolute Gasteiger partial charge is 0.505 e. The van der Waals surface area contributed by atoms with Crippen molar-refractivity contribution in [3.63, 3.8) is 0 Å². The molecule has 4 nitrogen and oxygen atoms in total. The smallest absolute Gasteiger partial charge is 0.211 e. The Bertz CT molecular complexity index is 354. The highest BCUT2D eigenvalue weighted by molar-refractivity contribution is 5.79. The van der Waals surface area contributed by atoms with Crippen LogP contribution in [0.25, 0.3) is 6.08 Å². The van der Waals surface area contributed by atoms with Crippen LogP contribution < -0.4 is 5.32 Å². The Balaban J connectivity index is 2.82. The van der Waals surface area contributed by atoms with Crippen LogP contribution in [-0.2, 0) is 9.59 Å². The number of hydrogen-bond donors (Lipinski definition) is 2. The maximum absolute atomic E-state index is 10.1. The number of hydrogen-bond acceptors (Lipinski definition) is 3. The summed E-state index contributed by atoms with van der Waals surface area (Å²) in [5, 5.41) is 11.4. The third kappa shape index (κ3) is 2.75. The molecule has 1 rings (SSSR count). The van der Waals surface area contributed by atoms with Crippen LogP contribution in [0.3, 0.4) is 0 Å². The van der Waals surface area contributed by atoms with Crippen molar-refractivity contribution < 1.29 is 14.7 Å². The van der Waals surface area contributed by atoms with Crippen LogP contribution >= 0.6 is 0 Å². The predicted molar refractivity (Wildman–Crippen MR) is 52.8 cm³/mol. The van der Waals surface area contributed by atoms with Crippen molar-refractivity contribution in [2.75, 3.05) is 5.32 Å². The first-order chi connectivity index (χ1) is 6.76. The van der Waals surface area contributed by atoms with Gasteiger partial charge < -0.3 is 10.4 Å². The lowest BCUT2D eigenvalue weighted by Gasteiger charge is -1.98.